The van der Waals surface area contributed by atoms with Gasteiger partial charge in [0.25, 0.3) is 7.82 Å². The summed E-state index contributed by atoms with van der Waals surface area (Å²) < 4.78 is 29.6. The van der Waals surface area contributed by atoms with Crippen LogP contribution in [0, 0.1) is 0 Å². The highest BCUT2D eigenvalue weighted by molar-refractivity contribution is 7.45. The van der Waals surface area contributed by atoms with E-state index in [4.69, 9.17) is 17.3 Å². The van der Waals surface area contributed by atoms with Crippen LogP contribution >= 0.6 is 7.82 Å². The molecule has 92 valence electrons. The van der Waals surface area contributed by atoms with Crippen LogP contribution in [0.2, 0.25) is 0 Å². The highest BCUT2D eigenvalue weighted by Crippen LogP contribution is 2.42. The van der Waals surface area contributed by atoms with Crippen LogP contribution in [-0.2, 0) is 23.1 Å². The summed E-state index contributed by atoms with van der Waals surface area (Å²) in [5.74, 6) is 0. The fourth-order valence-electron chi connectivity index (χ4n) is 1.38. The first-order chi connectivity index (χ1) is 7.41. The Morgan fingerprint density at radius 3 is 2.69 bits per heavy atom. The molecule has 1 fully saturated rings. The molecule has 1 N–H and O–H groups in total. The second-order valence-corrected chi connectivity index (χ2v) is 4.76. The predicted octanol–water partition coefficient (Wildman–Crippen LogP) is -1.61. The molecule has 1 aliphatic rings. The van der Waals surface area contributed by atoms with E-state index in [1.54, 1.807) is 0 Å². The fraction of sp³-hybridized carbons (Fsp3) is 1.00. The Labute approximate surface area is 94.7 Å². The van der Waals surface area contributed by atoms with Crippen LogP contribution in [0.1, 0.15) is 0 Å². The summed E-state index contributed by atoms with van der Waals surface area (Å²) in [6.07, 6.45) is -3.10. The summed E-state index contributed by atoms with van der Waals surface area (Å²) in [5.41, 5.74) is 0. The second-order valence-electron chi connectivity index (χ2n) is 3.28. The predicted molar refractivity (Wildman–Crippen MR) is 51.8 cm³/mol. The maximum absolute atomic E-state index is 11.0. The molecule has 0 aliphatic carbocycles. The molecule has 16 heavy (non-hydrogen) atoms. The molecule has 1 aliphatic heterocycles. The van der Waals surface area contributed by atoms with Gasteiger partial charge < -0.3 is 28.5 Å². The number of hydrogen-bond acceptors (Lipinski definition) is 7. The number of rotatable bonds is 5. The van der Waals surface area contributed by atoms with Crippen molar-refractivity contribution in [2.45, 2.75) is 24.3 Å². The third kappa shape index (κ3) is 3.27. The third-order valence-electron chi connectivity index (χ3n) is 2.18. The van der Waals surface area contributed by atoms with E-state index in [9.17, 15) is 14.6 Å². The van der Waals surface area contributed by atoms with Crippen LogP contribution in [0.25, 0.3) is 0 Å². The lowest BCUT2D eigenvalue weighted by molar-refractivity contribution is -0.229. The molecular formula is C7H13BO7P-. The van der Waals surface area contributed by atoms with Gasteiger partial charge in [-0.05, 0) is 0 Å². The molecule has 0 aromatic carbocycles. The van der Waals surface area contributed by atoms with Gasteiger partial charge in [0.15, 0.2) is 0 Å². The van der Waals surface area contributed by atoms with Crippen molar-refractivity contribution in [3.8, 4) is 0 Å². The van der Waals surface area contributed by atoms with Crippen LogP contribution < -0.4 is 4.89 Å². The maximum Gasteiger partial charge on any atom is 0.268 e. The topological polar surface area (TPSA) is 97.3 Å². The van der Waals surface area contributed by atoms with Crippen LogP contribution in [0.3, 0.4) is 0 Å². The first kappa shape index (κ1) is 14.1. The van der Waals surface area contributed by atoms with Crippen molar-refractivity contribution >= 4 is 15.7 Å². The van der Waals surface area contributed by atoms with Crippen molar-refractivity contribution in [1.29, 1.82) is 0 Å². The van der Waals surface area contributed by atoms with E-state index >= 15 is 0 Å². The number of aliphatic hydroxyl groups is 1. The van der Waals surface area contributed by atoms with E-state index in [0.717, 1.165) is 7.11 Å². The molecule has 0 saturated carbocycles. The number of methoxy groups -OCH3 is 1. The van der Waals surface area contributed by atoms with Crippen molar-refractivity contribution in [1.82, 2.24) is 0 Å². The Hall–Kier alpha value is 0.0549. The van der Waals surface area contributed by atoms with E-state index in [0.29, 0.717) is 0 Å². The van der Waals surface area contributed by atoms with Gasteiger partial charge in [-0.3, -0.25) is 4.57 Å². The number of phosphoric acid groups is 1. The molecular weight excluding hydrogens is 238 g/mol. The largest absolute Gasteiger partial charge is 0.756 e. The molecule has 1 saturated heterocycles. The molecule has 2 unspecified atom stereocenters. The van der Waals surface area contributed by atoms with Crippen molar-refractivity contribution in [3.05, 3.63) is 0 Å². The molecule has 9 heteroatoms. The van der Waals surface area contributed by atoms with Gasteiger partial charge in [-0.1, -0.05) is 0 Å². The molecule has 1 heterocycles. The zero-order chi connectivity index (χ0) is 12.3. The molecule has 2 radical (unpaired) electrons. The number of hydrogen-bond donors (Lipinski definition) is 1. The van der Waals surface area contributed by atoms with Gasteiger partial charge in [0.05, 0.1) is 6.61 Å². The van der Waals surface area contributed by atoms with E-state index in [1.807, 2.05) is 0 Å². The van der Waals surface area contributed by atoms with Gasteiger partial charge in [-0.25, -0.2) is 0 Å². The SMILES string of the molecule is [B][C@@H]1O[C@H](COC)C(O)[C@@H]1OP(=O)([O-])OC. The van der Waals surface area contributed by atoms with E-state index in [1.165, 1.54) is 7.11 Å². The minimum absolute atomic E-state index is 0.0882. The van der Waals surface area contributed by atoms with Crippen molar-refractivity contribution in [2.24, 2.45) is 0 Å². The quantitative estimate of drug-likeness (QED) is 0.463. The summed E-state index contributed by atoms with van der Waals surface area (Å²) in [6.45, 7) is 0.0882. The third-order valence-corrected chi connectivity index (χ3v) is 3.13. The van der Waals surface area contributed by atoms with Gasteiger partial charge >= 0.3 is 0 Å². The Balaban J connectivity index is 2.64. The second kappa shape index (κ2) is 5.60. The van der Waals surface area contributed by atoms with Crippen LogP contribution in [0.4, 0.5) is 0 Å². The van der Waals surface area contributed by atoms with Gasteiger partial charge in [0.1, 0.15) is 26.2 Å². The van der Waals surface area contributed by atoms with Crippen molar-refractivity contribution < 1.29 is 33.1 Å². The Morgan fingerprint density at radius 2 is 2.19 bits per heavy atom. The summed E-state index contributed by atoms with van der Waals surface area (Å²) >= 11 is 0. The van der Waals surface area contributed by atoms with Crippen LogP contribution in [-0.4, -0.2) is 58.1 Å². The van der Waals surface area contributed by atoms with Crippen LogP contribution in [0.15, 0.2) is 0 Å². The summed E-state index contributed by atoms with van der Waals surface area (Å²) in [7, 11) is 3.39. The number of ether oxygens (including phenoxy) is 2. The summed E-state index contributed by atoms with van der Waals surface area (Å²) in [4.78, 5) is 11.0. The lowest BCUT2D eigenvalue weighted by atomic mass is 9.93. The van der Waals surface area contributed by atoms with Gasteiger partial charge in [-0.2, -0.15) is 0 Å². The van der Waals surface area contributed by atoms with Crippen molar-refractivity contribution in [3.63, 3.8) is 0 Å². The lowest BCUT2D eigenvalue weighted by Crippen LogP contribution is -2.37. The van der Waals surface area contributed by atoms with Crippen molar-refractivity contribution in [2.75, 3.05) is 20.8 Å². The molecule has 0 aromatic heterocycles. The fourth-order valence-corrected chi connectivity index (χ4v) is 2.01. The Bertz CT molecular complexity index is 275. The smallest absolute Gasteiger partial charge is 0.268 e. The highest BCUT2D eigenvalue weighted by atomic mass is 31.2. The zero-order valence-corrected chi connectivity index (χ0v) is 9.83. The average molecular weight is 251 g/mol. The van der Waals surface area contributed by atoms with Gasteiger partial charge in [0, 0.05) is 20.2 Å². The number of aliphatic hydroxyl groups excluding tert-OH is 1. The monoisotopic (exact) mass is 251 g/mol. The minimum Gasteiger partial charge on any atom is -0.756 e. The molecule has 0 aromatic rings. The number of phosphoric ester groups is 1. The van der Waals surface area contributed by atoms with Gasteiger partial charge in [0.2, 0.25) is 0 Å². The van der Waals surface area contributed by atoms with E-state index in [-0.39, 0.29) is 6.61 Å². The summed E-state index contributed by atoms with van der Waals surface area (Å²) in [6, 6.07) is -1.05. The molecule has 0 spiro atoms. The van der Waals surface area contributed by atoms with Crippen LogP contribution in [0.5, 0.6) is 0 Å². The Morgan fingerprint density at radius 1 is 1.56 bits per heavy atom. The highest BCUT2D eigenvalue weighted by Gasteiger charge is 2.43. The maximum atomic E-state index is 11.0. The van der Waals surface area contributed by atoms with E-state index < -0.39 is 32.1 Å². The minimum atomic E-state index is -4.45. The zero-order valence-electron chi connectivity index (χ0n) is 8.94. The summed E-state index contributed by atoms with van der Waals surface area (Å²) in [5, 5.41) is 9.68. The average Bonchev–Trinajstić information content (AvgIpc) is 2.47. The molecule has 7 nitrogen and oxygen atoms in total. The van der Waals surface area contributed by atoms with Gasteiger partial charge in [-0.15, -0.1) is 0 Å². The standard InChI is InChI=1S/C7H14BO7P/c1-12-3-4-5(9)6(7(8)14-4)15-16(10,11)13-2/h4-7,9H,3H2,1-2H3,(H,10,11)/p-1/t4-,5?,6+,7-/m1/s1. The first-order valence-corrected chi connectivity index (χ1v) is 6.00. The Kier molecular flexibility index (Phi) is 4.94. The lowest BCUT2D eigenvalue weighted by Gasteiger charge is -2.27. The normalized spacial score (nSPS) is 38.5. The molecule has 1 rings (SSSR count). The molecule has 0 amide bonds. The molecule has 0 bridgehead atoms. The first-order valence-electron chi connectivity index (χ1n) is 4.54. The molecule has 5 atom stereocenters. The van der Waals surface area contributed by atoms with E-state index in [2.05, 4.69) is 9.05 Å².